The third-order valence-electron chi connectivity index (χ3n) is 3.86. The zero-order chi connectivity index (χ0) is 17.0. The Morgan fingerprint density at radius 3 is 2.50 bits per heavy atom. The highest BCUT2D eigenvalue weighted by atomic mass is 32.2. The first-order valence-corrected chi connectivity index (χ1v) is 9.28. The summed E-state index contributed by atoms with van der Waals surface area (Å²) in [5.74, 6) is 1.17. The van der Waals surface area contributed by atoms with Gasteiger partial charge >= 0.3 is 0 Å². The van der Waals surface area contributed by atoms with Crippen molar-refractivity contribution in [3.8, 4) is 0 Å². The fraction of sp³-hybridized carbons (Fsp3) is 0.375. The predicted molar refractivity (Wildman–Crippen MR) is 90.3 cm³/mol. The first-order valence-electron chi connectivity index (χ1n) is 7.78. The molecule has 128 valence electrons. The molecule has 24 heavy (non-hydrogen) atoms. The Morgan fingerprint density at radius 2 is 1.88 bits per heavy atom. The van der Waals surface area contributed by atoms with Gasteiger partial charge in [-0.05, 0) is 11.6 Å². The molecule has 0 unspecified atom stereocenters. The monoisotopic (exact) mass is 348 g/mol. The number of benzene rings is 1. The maximum Gasteiger partial charge on any atom is 0.236 e. The molecule has 0 aliphatic carbocycles. The van der Waals surface area contributed by atoms with E-state index in [1.165, 1.54) is 9.71 Å². The van der Waals surface area contributed by atoms with Crippen LogP contribution in [0.1, 0.15) is 17.3 Å². The van der Waals surface area contributed by atoms with Gasteiger partial charge in [-0.3, -0.25) is 4.90 Å². The number of aromatic nitrogens is 2. The summed E-state index contributed by atoms with van der Waals surface area (Å²) in [6.07, 6.45) is 1.63. The number of aryl methyl sites for hydroxylation is 1. The Hall–Kier alpha value is -2.03. The summed E-state index contributed by atoms with van der Waals surface area (Å²) in [7, 11) is -3.40. The first-order chi connectivity index (χ1) is 11.5. The van der Waals surface area contributed by atoms with Crippen LogP contribution in [0.4, 0.5) is 0 Å². The number of hydrogen-bond donors (Lipinski definition) is 0. The number of rotatable bonds is 5. The fourth-order valence-electron chi connectivity index (χ4n) is 2.56. The zero-order valence-corrected chi connectivity index (χ0v) is 14.3. The fourth-order valence-corrected chi connectivity index (χ4v) is 3.74. The summed E-state index contributed by atoms with van der Waals surface area (Å²) in [5.41, 5.74) is 0.868. The summed E-state index contributed by atoms with van der Waals surface area (Å²) in [6.45, 7) is 4.53. The molecule has 0 saturated carbocycles. The molecule has 0 bridgehead atoms. The molecule has 7 nitrogen and oxygen atoms in total. The lowest BCUT2D eigenvalue weighted by atomic mass is 10.2. The SMILES string of the molecule is Cc1nc(CN2CCN(S(=O)(=O)C=Cc3ccccc3)CC2)no1. The van der Waals surface area contributed by atoms with E-state index in [-0.39, 0.29) is 0 Å². The summed E-state index contributed by atoms with van der Waals surface area (Å²) in [6, 6.07) is 9.40. The van der Waals surface area contributed by atoms with E-state index in [2.05, 4.69) is 15.0 Å². The molecule has 1 saturated heterocycles. The molecule has 1 aliphatic rings. The van der Waals surface area contributed by atoms with Crippen molar-refractivity contribution in [3.05, 3.63) is 53.0 Å². The lowest BCUT2D eigenvalue weighted by Gasteiger charge is -2.32. The van der Waals surface area contributed by atoms with Gasteiger partial charge in [-0.25, -0.2) is 8.42 Å². The molecule has 1 aromatic heterocycles. The molecule has 3 rings (SSSR count). The van der Waals surface area contributed by atoms with Crippen molar-refractivity contribution in [2.75, 3.05) is 26.2 Å². The molecule has 2 aromatic rings. The quantitative estimate of drug-likeness (QED) is 0.815. The van der Waals surface area contributed by atoms with E-state index in [4.69, 9.17) is 4.52 Å². The molecule has 0 radical (unpaired) electrons. The minimum Gasteiger partial charge on any atom is -0.340 e. The third-order valence-corrected chi connectivity index (χ3v) is 5.42. The van der Waals surface area contributed by atoms with Crippen LogP contribution in [0.5, 0.6) is 0 Å². The van der Waals surface area contributed by atoms with Crippen LogP contribution in [0.3, 0.4) is 0 Å². The average molecular weight is 348 g/mol. The summed E-state index contributed by atoms with van der Waals surface area (Å²) >= 11 is 0. The van der Waals surface area contributed by atoms with Gasteiger partial charge in [-0.2, -0.15) is 9.29 Å². The van der Waals surface area contributed by atoms with Crippen molar-refractivity contribution in [1.82, 2.24) is 19.3 Å². The third kappa shape index (κ3) is 4.28. The number of sulfonamides is 1. The normalized spacial score (nSPS) is 17.5. The lowest BCUT2D eigenvalue weighted by molar-refractivity contribution is 0.177. The van der Waals surface area contributed by atoms with Gasteiger partial charge in [0.1, 0.15) is 0 Å². The van der Waals surface area contributed by atoms with Crippen molar-refractivity contribution in [2.45, 2.75) is 13.5 Å². The van der Waals surface area contributed by atoms with Gasteiger partial charge in [0.2, 0.25) is 15.9 Å². The largest absolute Gasteiger partial charge is 0.340 e. The molecule has 0 N–H and O–H groups in total. The van der Waals surface area contributed by atoms with Crippen molar-refractivity contribution < 1.29 is 12.9 Å². The zero-order valence-electron chi connectivity index (χ0n) is 13.5. The van der Waals surface area contributed by atoms with Crippen molar-refractivity contribution in [3.63, 3.8) is 0 Å². The molecule has 0 amide bonds. The maximum atomic E-state index is 12.4. The molecule has 0 atom stereocenters. The van der Waals surface area contributed by atoms with E-state index in [0.29, 0.717) is 44.4 Å². The average Bonchev–Trinajstić information content (AvgIpc) is 2.99. The van der Waals surface area contributed by atoms with Crippen LogP contribution >= 0.6 is 0 Å². The van der Waals surface area contributed by atoms with Crippen LogP contribution in [0.25, 0.3) is 6.08 Å². The summed E-state index contributed by atoms with van der Waals surface area (Å²) < 4.78 is 31.3. The second kappa shape index (κ2) is 7.25. The molecule has 0 spiro atoms. The second-order valence-corrected chi connectivity index (χ2v) is 7.48. The highest BCUT2D eigenvalue weighted by Gasteiger charge is 2.25. The lowest BCUT2D eigenvalue weighted by Crippen LogP contribution is -2.47. The first kappa shape index (κ1) is 16.8. The Balaban J connectivity index is 1.56. The standard InChI is InChI=1S/C16H20N4O3S/c1-14-17-16(18-23-14)13-19-8-10-20(11-9-19)24(21,22)12-7-15-5-3-2-4-6-15/h2-7,12H,8-11,13H2,1H3. The Kier molecular flexibility index (Phi) is 5.08. The van der Waals surface area contributed by atoms with Crippen molar-refractivity contribution in [1.29, 1.82) is 0 Å². The van der Waals surface area contributed by atoms with Crippen LogP contribution < -0.4 is 0 Å². The highest BCUT2D eigenvalue weighted by Crippen LogP contribution is 2.13. The number of nitrogens with zero attached hydrogens (tertiary/aromatic N) is 4. The van der Waals surface area contributed by atoms with E-state index in [1.54, 1.807) is 13.0 Å². The molecular formula is C16H20N4O3S. The highest BCUT2D eigenvalue weighted by molar-refractivity contribution is 7.92. The van der Waals surface area contributed by atoms with Gasteiger partial charge in [-0.15, -0.1) is 0 Å². The predicted octanol–water partition coefficient (Wildman–Crippen LogP) is 1.50. The molecule has 1 aromatic carbocycles. The van der Waals surface area contributed by atoms with E-state index in [0.717, 1.165) is 5.56 Å². The summed E-state index contributed by atoms with van der Waals surface area (Å²) in [4.78, 5) is 6.30. The van der Waals surface area contributed by atoms with Crippen LogP contribution in [0.15, 0.2) is 40.3 Å². The van der Waals surface area contributed by atoms with Crippen LogP contribution in [-0.4, -0.2) is 53.9 Å². The Labute approximate surface area is 141 Å². The van der Waals surface area contributed by atoms with Gasteiger partial charge in [-0.1, -0.05) is 35.5 Å². The van der Waals surface area contributed by atoms with E-state index >= 15 is 0 Å². The number of hydrogen-bond acceptors (Lipinski definition) is 6. The van der Waals surface area contributed by atoms with Crippen LogP contribution in [-0.2, 0) is 16.6 Å². The molecule has 2 heterocycles. The Morgan fingerprint density at radius 1 is 1.17 bits per heavy atom. The number of piperazine rings is 1. The molecule has 8 heteroatoms. The topological polar surface area (TPSA) is 79.5 Å². The molecule has 1 fully saturated rings. The minimum atomic E-state index is -3.40. The van der Waals surface area contributed by atoms with E-state index in [1.807, 2.05) is 30.3 Å². The Bertz CT molecular complexity index is 794. The smallest absolute Gasteiger partial charge is 0.236 e. The van der Waals surface area contributed by atoms with Gasteiger partial charge in [0.05, 0.1) is 6.54 Å². The van der Waals surface area contributed by atoms with Gasteiger partial charge in [0, 0.05) is 38.5 Å². The van der Waals surface area contributed by atoms with E-state index < -0.39 is 10.0 Å². The van der Waals surface area contributed by atoms with Crippen LogP contribution in [0, 0.1) is 6.92 Å². The molecule has 1 aliphatic heterocycles. The van der Waals surface area contributed by atoms with Crippen molar-refractivity contribution in [2.24, 2.45) is 0 Å². The van der Waals surface area contributed by atoms with Gasteiger partial charge in [0.15, 0.2) is 5.82 Å². The van der Waals surface area contributed by atoms with Gasteiger partial charge < -0.3 is 4.52 Å². The summed E-state index contributed by atoms with van der Waals surface area (Å²) in [5, 5.41) is 5.15. The molecular weight excluding hydrogens is 328 g/mol. The van der Waals surface area contributed by atoms with Crippen LogP contribution in [0.2, 0.25) is 0 Å². The van der Waals surface area contributed by atoms with Crippen molar-refractivity contribution >= 4 is 16.1 Å². The van der Waals surface area contributed by atoms with E-state index in [9.17, 15) is 8.42 Å². The second-order valence-electron chi connectivity index (χ2n) is 5.66. The maximum absolute atomic E-state index is 12.4. The minimum absolute atomic E-state index is 0.457. The van der Waals surface area contributed by atoms with Gasteiger partial charge in [0.25, 0.3) is 0 Å².